The summed E-state index contributed by atoms with van der Waals surface area (Å²) in [6, 6.07) is 0. The summed E-state index contributed by atoms with van der Waals surface area (Å²) >= 11 is 1.48. The maximum Gasteiger partial charge on any atom is 0.225 e. The number of nitrogens with zero attached hydrogens (tertiary/aromatic N) is 3. The minimum Gasteiger partial charge on any atom is -0.377 e. The van der Waals surface area contributed by atoms with Gasteiger partial charge in [0.25, 0.3) is 0 Å². The van der Waals surface area contributed by atoms with Crippen molar-refractivity contribution in [2.24, 2.45) is 0 Å². The van der Waals surface area contributed by atoms with Crippen molar-refractivity contribution in [1.29, 1.82) is 0 Å². The van der Waals surface area contributed by atoms with E-state index in [0.717, 1.165) is 16.5 Å². The van der Waals surface area contributed by atoms with Gasteiger partial charge in [-0.15, -0.1) is 11.3 Å². The van der Waals surface area contributed by atoms with E-state index in [0.29, 0.717) is 13.1 Å². The third kappa shape index (κ3) is 2.86. The molecule has 0 aliphatic rings. The highest BCUT2D eigenvalue weighted by Crippen LogP contribution is 2.21. The van der Waals surface area contributed by atoms with Crippen molar-refractivity contribution in [2.45, 2.75) is 20.4 Å². The molecule has 2 heterocycles. The van der Waals surface area contributed by atoms with E-state index in [2.05, 4.69) is 20.5 Å². The van der Waals surface area contributed by atoms with Crippen LogP contribution in [0.1, 0.15) is 19.5 Å². The minimum atomic E-state index is 0.0150. The van der Waals surface area contributed by atoms with Crippen LogP contribution < -0.4 is 10.2 Å². The number of anilines is 2. The molecule has 0 fully saturated rings. The lowest BCUT2D eigenvalue weighted by molar-refractivity contribution is -0.116. The molecule has 0 spiro atoms. The molecule has 96 valence electrons. The number of aromatic amines is 1. The first-order chi connectivity index (χ1) is 8.70. The Kier molecular flexibility index (Phi) is 3.93. The van der Waals surface area contributed by atoms with Crippen LogP contribution in [0.4, 0.5) is 10.8 Å². The first kappa shape index (κ1) is 12.6. The maximum absolute atomic E-state index is 11.4. The quantitative estimate of drug-likeness (QED) is 0.865. The van der Waals surface area contributed by atoms with Crippen molar-refractivity contribution >= 4 is 28.1 Å². The number of thiazole rings is 1. The highest BCUT2D eigenvalue weighted by molar-refractivity contribution is 7.14. The first-order valence-corrected chi connectivity index (χ1v) is 6.53. The fraction of sp³-hybridized carbons (Fsp3) is 0.364. The van der Waals surface area contributed by atoms with Gasteiger partial charge in [0.1, 0.15) is 0 Å². The Balaban J connectivity index is 1.99. The summed E-state index contributed by atoms with van der Waals surface area (Å²) in [5, 5.41) is 12.5. The summed E-state index contributed by atoms with van der Waals surface area (Å²) < 4.78 is 0. The fourth-order valence-corrected chi connectivity index (χ4v) is 2.47. The van der Waals surface area contributed by atoms with E-state index in [4.69, 9.17) is 0 Å². The smallest absolute Gasteiger partial charge is 0.225 e. The zero-order valence-electron chi connectivity index (χ0n) is 10.3. The van der Waals surface area contributed by atoms with E-state index in [-0.39, 0.29) is 5.91 Å². The molecule has 18 heavy (non-hydrogen) atoms. The summed E-state index contributed by atoms with van der Waals surface area (Å²) in [6.07, 6.45) is 3.49. The van der Waals surface area contributed by atoms with Crippen molar-refractivity contribution < 1.29 is 4.79 Å². The van der Waals surface area contributed by atoms with Gasteiger partial charge in [0.05, 0.1) is 24.1 Å². The second kappa shape index (κ2) is 5.63. The van der Waals surface area contributed by atoms with Crippen LogP contribution in [0, 0.1) is 0 Å². The molecule has 0 atom stereocenters. The van der Waals surface area contributed by atoms with Crippen molar-refractivity contribution in [3.8, 4) is 0 Å². The minimum absolute atomic E-state index is 0.0150. The SMILES string of the molecule is CCN(C(C)=O)c1nc(CNc2cn[nH]c2)cs1. The topological polar surface area (TPSA) is 73.9 Å². The van der Waals surface area contributed by atoms with E-state index >= 15 is 0 Å². The lowest BCUT2D eigenvalue weighted by Crippen LogP contribution is -2.27. The molecule has 0 unspecified atom stereocenters. The Bertz CT molecular complexity index is 507. The van der Waals surface area contributed by atoms with Crippen LogP contribution in [0.5, 0.6) is 0 Å². The summed E-state index contributed by atoms with van der Waals surface area (Å²) in [5.41, 5.74) is 1.83. The summed E-state index contributed by atoms with van der Waals surface area (Å²) in [7, 11) is 0. The molecular formula is C11H15N5OS. The van der Waals surface area contributed by atoms with Crippen molar-refractivity contribution in [3.05, 3.63) is 23.5 Å². The van der Waals surface area contributed by atoms with Gasteiger partial charge < -0.3 is 5.32 Å². The van der Waals surface area contributed by atoms with Gasteiger partial charge in [-0.1, -0.05) is 0 Å². The monoisotopic (exact) mass is 265 g/mol. The lowest BCUT2D eigenvalue weighted by atomic mass is 10.4. The molecule has 0 bridgehead atoms. The van der Waals surface area contributed by atoms with E-state index in [9.17, 15) is 4.79 Å². The van der Waals surface area contributed by atoms with Crippen LogP contribution in [0.15, 0.2) is 17.8 Å². The number of rotatable bonds is 5. The summed E-state index contributed by atoms with van der Waals surface area (Å²) in [5.74, 6) is 0.0150. The highest BCUT2D eigenvalue weighted by Gasteiger charge is 2.13. The Labute approximate surface area is 109 Å². The van der Waals surface area contributed by atoms with Crippen LogP contribution in [0.3, 0.4) is 0 Å². The summed E-state index contributed by atoms with van der Waals surface area (Å²) in [6.45, 7) is 4.74. The second-order valence-electron chi connectivity index (χ2n) is 3.73. The van der Waals surface area contributed by atoms with E-state index < -0.39 is 0 Å². The van der Waals surface area contributed by atoms with Gasteiger partial charge in [0, 0.05) is 25.0 Å². The molecule has 0 saturated carbocycles. The zero-order valence-corrected chi connectivity index (χ0v) is 11.1. The van der Waals surface area contributed by atoms with Gasteiger partial charge >= 0.3 is 0 Å². The number of nitrogens with one attached hydrogen (secondary N) is 2. The van der Waals surface area contributed by atoms with Gasteiger partial charge in [-0.25, -0.2) is 4.98 Å². The number of hydrogen-bond acceptors (Lipinski definition) is 5. The molecule has 2 N–H and O–H groups in total. The van der Waals surface area contributed by atoms with Gasteiger partial charge in [0.15, 0.2) is 5.13 Å². The second-order valence-corrected chi connectivity index (χ2v) is 4.56. The Morgan fingerprint density at radius 1 is 1.61 bits per heavy atom. The molecule has 7 heteroatoms. The predicted molar refractivity (Wildman–Crippen MR) is 71.7 cm³/mol. The van der Waals surface area contributed by atoms with Crippen LogP contribution in [0.25, 0.3) is 0 Å². The standard InChI is InChI=1S/C11H15N5OS/c1-3-16(8(2)17)11-15-10(7-18-11)4-12-9-5-13-14-6-9/h5-7,12H,3-4H2,1-2H3,(H,13,14). The molecular weight excluding hydrogens is 250 g/mol. The van der Waals surface area contributed by atoms with E-state index in [1.165, 1.54) is 11.3 Å². The van der Waals surface area contributed by atoms with E-state index in [1.54, 1.807) is 24.2 Å². The van der Waals surface area contributed by atoms with Crippen LogP contribution in [0.2, 0.25) is 0 Å². The molecule has 0 saturated heterocycles. The van der Waals surface area contributed by atoms with Crippen molar-refractivity contribution in [1.82, 2.24) is 15.2 Å². The number of carbonyl (C=O) groups is 1. The molecule has 0 aliphatic heterocycles. The fourth-order valence-electron chi connectivity index (χ4n) is 1.53. The van der Waals surface area contributed by atoms with Crippen molar-refractivity contribution in [3.63, 3.8) is 0 Å². The molecule has 2 aromatic rings. The van der Waals surface area contributed by atoms with Crippen LogP contribution in [-0.4, -0.2) is 27.6 Å². The Morgan fingerprint density at radius 2 is 2.44 bits per heavy atom. The zero-order chi connectivity index (χ0) is 13.0. The van der Waals surface area contributed by atoms with Crippen molar-refractivity contribution in [2.75, 3.05) is 16.8 Å². The Morgan fingerprint density at radius 3 is 3.06 bits per heavy atom. The number of H-pyrrole nitrogens is 1. The number of amides is 1. The first-order valence-electron chi connectivity index (χ1n) is 5.66. The van der Waals surface area contributed by atoms with Gasteiger partial charge in [-0.2, -0.15) is 5.10 Å². The van der Waals surface area contributed by atoms with Gasteiger partial charge in [0.2, 0.25) is 5.91 Å². The third-order valence-electron chi connectivity index (χ3n) is 2.44. The number of aromatic nitrogens is 3. The molecule has 2 rings (SSSR count). The molecule has 1 amide bonds. The van der Waals surface area contributed by atoms with E-state index in [1.807, 2.05) is 12.3 Å². The molecule has 6 nitrogen and oxygen atoms in total. The highest BCUT2D eigenvalue weighted by atomic mass is 32.1. The number of hydrogen-bond donors (Lipinski definition) is 2. The average molecular weight is 265 g/mol. The normalized spacial score (nSPS) is 10.3. The Hall–Kier alpha value is -1.89. The largest absolute Gasteiger partial charge is 0.377 e. The van der Waals surface area contributed by atoms with Crippen LogP contribution >= 0.6 is 11.3 Å². The maximum atomic E-state index is 11.4. The molecule has 0 aliphatic carbocycles. The molecule has 0 aromatic carbocycles. The molecule has 2 aromatic heterocycles. The average Bonchev–Trinajstić information content (AvgIpc) is 2.97. The summed E-state index contributed by atoms with van der Waals surface area (Å²) in [4.78, 5) is 17.5. The van der Waals surface area contributed by atoms with Gasteiger partial charge in [-0.3, -0.25) is 14.8 Å². The number of carbonyl (C=O) groups excluding carboxylic acids is 1. The predicted octanol–water partition coefficient (Wildman–Crippen LogP) is 1.85. The third-order valence-corrected chi connectivity index (χ3v) is 3.35. The van der Waals surface area contributed by atoms with Crippen LogP contribution in [-0.2, 0) is 11.3 Å². The molecule has 0 radical (unpaired) electrons. The van der Waals surface area contributed by atoms with Gasteiger partial charge in [-0.05, 0) is 6.92 Å². The lowest BCUT2D eigenvalue weighted by Gasteiger charge is -2.14.